The molecule has 0 unspecified atom stereocenters. The number of rotatable bonds is 5. The highest BCUT2D eigenvalue weighted by Crippen LogP contribution is 2.46. The third-order valence-corrected chi connectivity index (χ3v) is 7.18. The van der Waals surface area contributed by atoms with E-state index in [-0.39, 0.29) is 24.3 Å². The van der Waals surface area contributed by atoms with Crippen molar-refractivity contribution in [3.05, 3.63) is 28.2 Å². The Balaban J connectivity index is 1.63. The molecule has 2 bridgehead atoms. The largest absolute Gasteiger partial charge is 0.481 e. The molecular weight excluding hydrogens is 366 g/mol. The molecule has 6 nitrogen and oxygen atoms in total. The summed E-state index contributed by atoms with van der Waals surface area (Å²) >= 11 is 1.43. The molecule has 7 heteroatoms. The summed E-state index contributed by atoms with van der Waals surface area (Å²) in [6, 6.07) is 0. The van der Waals surface area contributed by atoms with Gasteiger partial charge in [-0.2, -0.15) is 0 Å². The topological polar surface area (TPSA) is 92.7 Å². The number of aliphatic carboxylic acids is 1. The number of ether oxygens (including phenoxy) is 1. The van der Waals surface area contributed by atoms with Crippen LogP contribution in [0.5, 0.6) is 0 Å². The third-order valence-electron chi connectivity index (χ3n) is 5.97. The van der Waals surface area contributed by atoms with Crippen molar-refractivity contribution < 1.29 is 24.2 Å². The van der Waals surface area contributed by atoms with Crippen molar-refractivity contribution in [1.82, 2.24) is 0 Å². The van der Waals surface area contributed by atoms with E-state index in [9.17, 15) is 19.5 Å². The zero-order chi connectivity index (χ0) is 19.1. The number of allylic oxidation sites excluding steroid dienone is 2. The van der Waals surface area contributed by atoms with Crippen molar-refractivity contribution in [2.24, 2.45) is 23.7 Å². The van der Waals surface area contributed by atoms with Crippen molar-refractivity contribution in [1.29, 1.82) is 0 Å². The van der Waals surface area contributed by atoms with E-state index in [1.807, 2.05) is 12.2 Å². The number of carbonyl (C=O) groups excluding carboxylic acids is 2. The Hall–Kier alpha value is -2.15. The number of nitrogens with one attached hydrogen (secondary N) is 1. The summed E-state index contributed by atoms with van der Waals surface area (Å²) in [6.45, 7) is 2.03. The molecule has 1 fully saturated rings. The average molecular weight is 389 g/mol. The van der Waals surface area contributed by atoms with Gasteiger partial charge in [-0.1, -0.05) is 12.2 Å². The molecule has 2 N–H and O–H groups in total. The van der Waals surface area contributed by atoms with Crippen LogP contribution >= 0.6 is 11.3 Å². The molecule has 1 aromatic heterocycles. The number of hydrogen-bond acceptors (Lipinski definition) is 5. The van der Waals surface area contributed by atoms with Crippen LogP contribution in [0.4, 0.5) is 5.00 Å². The lowest BCUT2D eigenvalue weighted by Gasteiger charge is -2.41. The summed E-state index contributed by atoms with van der Waals surface area (Å²) in [5.74, 6) is -3.09. The maximum Gasteiger partial charge on any atom is 0.341 e. The van der Waals surface area contributed by atoms with Gasteiger partial charge in [0, 0.05) is 4.88 Å². The van der Waals surface area contributed by atoms with E-state index < -0.39 is 23.8 Å². The van der Waals surface area contributed by atoms with E-state index in [4.69, 9.17) is 4.74 Å². The zero-order valence-corrected chi connectivity index (χ0v) is 16.0. The number of carboxylic acids is 1. The molecule has 0 aromatic carbocycles. The van der Waals surface area contributed by atoms with E-state index in [2.05, 4.69) is 5.32 Å². The maximum atomic E-state index is 13.1. The summed E-state index contributed by atoms with van der Waals surface area (Å²) < 4.78 is 5.20. The summed E-state index contributed by atoms with van der Waals surface area (Å²) in [7, 11) is 0. The highest BCUT2D eigenvalue weighted by atomic mass is 32.1. The Morgan fingerprint density at radius 3 is 2.52 bits per heavy atom. The summed E-state index contributed by atoms with van der Waals surface area (Å²) in [5.41, 5.74) is 1.44. The molecule has 1 saturated carbocycles. The van der Waals surface area contributed by atoms with Gasteiger partial charge in [0.05, 0.1) is 24.0 Å². The summed E-state index contributed by atoms with van der Waals surface area (Å²) in [5, 5.41) is 13.1. The van der Waals surface area contributed by atoms with Crippen molar-refractivity contribution >= 4 is 34.2 Å². The SMILES string of the molecule is CCOC(=O)c1c(NC(=O)[C@H]2[C@@H](C(=O)O)[C@H]3C=C[C@@H]2CC3)sc2c1CCC2. The van der Waals surface area contributed by atoms with Crippen LogP contribution in [0.3, 0.4) is 0 Å². The minimum absolute atomic E-state index is 0.0612. The number of thiophene rings is 1. The molecule has 0 aliphatic heterocycles. The first-order chi connectivity index (χ1) is 13.0. The number of fused-ring (bicyclic) bond motifs is 3. The lowest BCUT2D eigenvalue weighted by atomic mass is 9.62. The van der Waals surface area contributed by atoms with Crippen molar-refractivity contribution in [2.45, 2.75) is 39.0 Å². The number of carboxylic acid groups (broad SMARTS) is 1. The number of amides is 1. The molecule has 5 rings (SSSR count). The van der Waals surface area contributed by atoms with Gasteiger partial charge in [-0.25, -0.2) is 4.79 Å². The lowest BCUT2D eigenvalue weighted by Crippen LogP contribution is -2.47. The second-order valence-electron chi connectivity index (χ2n) is 7.45. The van der Waals surface area contributed by atoms with E-state index in [0.29, 0.717) is 10.6 Å². The second kappa shape index (κ2) is 7.11. The Morgan fingerprint density at radius 1 is 1.19 bits per heavy atom. The second-order valence-corrected chi connectivity index (χ2v) is 8.56. The molecule has 4 aliphatic carbocycles. The van der Waals surface area contributed by atoms with Crippen LogP contribution in [-0.2, 0) is 27.2 Å². The van der Waals surface area contributed by atoms with Crippen molar-refractivity contribution in [3.63, 3.8) is 0 Å². The van der Waals surface area contributed by atoms with Crippen LogP contribution < -0.4 is 5.32 Å². The smallest absolute Gasteiger partial charge is 0.341 e. The number of aryl methyl sites for hydroxylation is 1. The Labute approximate surface area is 161 Å². The van der Waals surface area contributed by atoms with Gasteiger partial charge in [0.25, 0.3) is 0 Å². The number of esters is 1. The third kappa shape index (κ3) is 3.08. The van der Waals surface area contributed by atoms with Gasteiger partial charge < -0.3 is 15.2 Å². The average Bonchev–Trinajstić information content (AvgIpc) is 3.22. The van der Waals surface area contributed by atoms with Crippen LogP contribution in [0, 0.1) is 23.7 Å². The van der Waals surface area contributed by atoms with Crippen LogP contribution in [0.1, 0.15) is 47.0 Å². The van der Waals surface area contributed by atoms with E-state index in [0.717, 1.165) is 42.5 Å². The predicted octanol–water partition coefficient (Wildman–Crippen LogP) is 3.27. The highest BCUT2D eigenvalue weighted by Gasteiger charge is 2.48. The molecule has 1 aromatic rings. The first-order valence-electron chi connectivity index (χ1n) is 9.55. The quantitative estimate of drug-likeness (QED) is 0.596. The van der Waals surface area contributed by atoms with E-state index in [1.165, 1.54) is 11.3 Å². The Kier molecular flexibility index (Phi) is 4.80. The molecular formula is C20H23NO5S. The number of hydrogen-bond donors (Lipinski definition) is 2. The summed E-state index contributed by atoms with van der Waals surface area (Å²) in [6.07, 6.45) is 8.28. The number of anilines is 1. The minimum atomic E-state index is -0.923. The normalized spacial score (nSPS) is 28.0. The van der Waals surface area contributed by atoms with Crippen molar-refractivity contribution in [3.8, 4) is 0 Å². The molecule has 1 amide bonds. The number of carbonyl (C=O) groups is 3. The van der Waals surface area contributed by atoms with Crippen LogP contribution in [0.15, 0.2) is 12.2 Å². The van der Waals surface area contributed by atoms with Crippen LogP contribution in [0.2, 0.25) is 0 Å². The molecule has 27 heavy (non-hydrogen) atoms. The fraction of sp³-hybridized carbons (Fsp3) is 0.550. The maximum absolute atomic E-state index is 13.1. The van der Waals surface area contributed by atoms with Crippen LogP contribution in [0.25, 0.3) is 0 Å². The molecule has 4 aliphatic rings. The molecule has 144 valence electrons. The molecule has 0 saturated heterocycles. The Bertz CT molecular complexity index is 827. The summed E-state index contributed by atoms with van der Waals surface area (Å²) in [4.78, 5) is 38.5. The standard InChI is InChI=1S/C20H23NO5S/c1-2-26-20(25)16-12-4-3-5-13(12)27-18(16)21-17(22)14-10-6-8-11(9-7-10)15(14)19(23)24/h6,8,10-11,14-15H,2-5,7,9H2,1H3,(H,21,22)(H,23,24)/t10-,11+,14-,15+/m1/s1. The highest BCUT2D eigenvalue weighted by molar-refractivity contribution is 7.17. The minimum Gasteiger partial charge on any atom is -0.481 e. The fourth-order valence-electron chi connectivity index (χ4n) is 4.79. The van der Waals surface area contributed by atoms with E-state index in [1.54, 1.807) is 6.92 Å². The molecule has 1 heterocycles. The van der Waals surface area contributed by atoms with Gasteiger partial charge in [0.1, 0.15) is 5.00 Å². The molecule has 0 radical (unpaired) electrons. The van der Waals surface area contributed by atoms with Crippen molar-refractivity contribution in [2.75, 3.05) is 11.9 Å². The van der Waals surface area contributed by atoms with Gasteiger partial charge in [-0.15, -0.1) is 11.3 Å². The fourth-order valence-corrected chi connectivity index (χ4v) is 6.08. The van der Waals surface area contributed by atoms with Crippen LogP contribution in [-0.4, -0.2) is 29.6 Å². The molecule has 0 spiro atoms. The van der Waals surface area contributed by atoms with Gasteiger partial charge in [0.2, 0.25) is 5.91 Å². The Morgan fingerprint density at radius 2 is 1.89 bits per heavy atom. The predicted molar refractivity (Wildman–Crippen MR) is 101 cm³/mol. The zero-order valence-electron chi connectivity index (χ0n) is 15.2. The van der Waals surface area contributed by atoms with Gasteiger partial charge in [0.15, 0.2) is 0 Å². The first kappa shape index (κ1) is 18.2. The first-order valence-corrected chi connectivity index (χ1v) is 10.4. The molecule has 4 atom stereocenters. The van der Waals surface area contributed by atoms with Gasteiger partial charge in [-0.3, -0.25) is 9.59 Å². The van der Waals surface area contributed by atoms with E-state index >= 15 is 0 Å². The van der Waals surface area contributed by atoms with Gasteiger partial charge in [-0.05, 0) is 56.4 Å². The van der Waals surface area contributed by atoms with Gasteiger partial charge >= 0.3 is 11.9 Å². The monoisotopic (exact) mass is 389 g/mol. The lowest BCUT2D eigenvalue weighted by molar-refractivity contribution is -0.151.